The zero-order chi connectivity index (χ0) is 13.7. The van der Waals surface area contributed by atoms with Crippen molar-refractivity contribution in [1.82, 2.24) is 0 Å². The van der Waals surface area contributed by atoms with E-state index in [0.29, 0.717) is 11.7 Å². The van der Waals surface area contributed by atoms with E-state index >= 15 is 0 Å². The van der Waals surface area contributed by atoms with Crippen molar-refractivity contribution >= 4 is 14.1 Å². The molecule has 18 heavy (non-hydrogen) atoms. The fourth-order valence-electron chi connectivity index (χ4n) is 3.26. The van der Waals surface area contributed by atoms with Crippen LogP contribution in [0.15, 0.2) is 23.0 Å². The molecule has 0 aliphatic heterocycles. The quantitative estimate of drug-likeness (QED) is 0.567. The molecular formula is C15H24O2Si. The van der Waals surface area contributed by atoms with Gasteiger partial charge in [-0.25, -0.2) is 0 Å². The second-order valence-corrected chi connectivity index (χ2v) is 11.3. The maximum absolute atomic E-state index is 12.2. The number of carbonyl (C=O) groups is 1. The van der Waals surface area contributed by atoms with Gasteiger partial charge in [-0.05, 0) is 51.9 Å². The number of carbonyl (C=O) groups excluding carboxylic acids is 1. The van der Waals surface area contributed by atoms with Crippen molar-refractivity contribution in [3.05, 3.63) is 23.0 Å². The summed E-state index contributed by atoms with van der Waals surface area (Å²) in [6, 6.07) is 0. The van der Waals surface area contributed by atoms with Crippen molar-refractivity contribution in [3.8, 4) is 0 Å². The Morgan fingerprint density at radius 2 is 1.94 bits per heavy atom. The lowest BCUT2D eigenvalue weighted by Crippen LogP contribution is -2.46. The summed E-state index contributed by atoms with van der Waals surface area (Å²) in [4.78, 5) is 12.2. The number of hydrogen-bond donors (Lipinski definition) is 0. The molecule has 0 amide bonds. The molecule has 1 fully saturated rings. The third-order valence-corrected chi connectivity index (χ3v) is 4.81. The van der Waals surface area contributed by atoms with Crippen molar-refractivity contribution in [3.63, 3.8) is 0 Å². The van der Waals surface area contributed by atoms with E-state index in [1.165, 1.54) is 11.1 Å². The van der Waals surface area contributed by atoms with E-state index in [0.717, 1.165) is 18.6 Å². The second kappa shape index (κ2) is 4.09. The molecule has 2 atom stereocenters. The molecule has 2 rings (SSSR count). The summed E-state index contributed by atoms with van der Waals surface area (Å²) in [6.07, 6.45) is 3.84. The number of Topliss-reactive ketones (excluding diaryl/α,β-unsaturated/α-hetero) is 1. The molecule has 0 radical (unpaired) electrons. The highest BCUT2D eigenvalue weighted by Crippen LogP contribution is 2.59. The molecule has 0 aromatic carbocycles. The minimum atomic E-state index is -1.58. The van der Waals surface area contributed by atoms with Crippen LogP contribution < -0.4 is 0 Å². The summed E-state index contributed by atoms with van der Waals surface area (Å²) >= 11 is 0. The number of allylic oxidation sites excluding steroid dienone is 4. The SMILES string of the molecule is CC(C)=C[C@@]12C(=O)C[C@@H]1CC(O[Si](C)(C)C)=C2C. The molecule has 100 valence electrons. The maximum Gasteiger partial charge on any atom is 0.241 e. The van der Waals surface area contributed by atoms with Crippen LogP contribution in [0.2, 0.25) is 19.6 Å². The van der Waals surface area contributed by atoms with Gasteiger partial charge in [0.2, 0.25) is 8.32 Å². The van der Waals surface area contributed by atoms with Crippen LogP contribution in [-0.4, -0.2) is 14.1 Å². The normalized spacial score (nSPS) is 31.0. The van der Waals surface area contributed by atoms with E-state index < -0.39 is 8.32 Å². The zero-order valence-electron chi connectivity index (χ0n) is 12.4. The first-order chi connectivity index (χ1) is 8.17. The van der Waals surface area contributed by atoms with Crippen LogP contribution in [0.4, 0.5) is 0 Å². The topological polar surface area (TPSA) is 26.3 Å². The first-order valence-corrected chi connectivity index (χ1v) is 10.2. The van der Waals surface area contributed by atoms with Gasteiger partial charge in [-0.2, -0.15) is 0 Å². The Labute approximate surface area is 111 Å². The zero-order valence-corrected chi connectivity index (χ0v) is 13.4. The number of hydrogen-bond acceptors (Lipinski definition) is 2. The molecule has 0 aromatic heterocycles. The molecule has 2 nitrogen and oxygen atoms in total. The first kappa shape index (κ1) is 13.6. The van der Waals surface area contributed by atoms with Crippen molar-refractivity contribution < 1.29 is 9.22 Å². The van der Waals surface area contributed by atoms with Crippen LogP contribution in [0.5, 0.6) is 0 Å². The number of fused-ring (bicyclic) bond motifs is 1. The molecule has 0 aromatic rings. The van der Waals surface area contributed by atoms with Crippen LogP contribution in [0.1, 0.15) is 33.6 Å². The van der Waals surface area contributed by atoms with E-state index in [2.05, 4.69) is 46.5 Å². The Bertz CT molecular complexity index is 450. The average Bonchev–Trinajstić information content (AvgIpc) is 2.37. The summed E-state index contributed by atoms with van der Waals surface area (Å²) in [7, 11) is -1.58. The van der Waals surface area contributed by atoms with Gasteiger partial charge in [0.15, 0.2) is 0 Å². The fraction of sp³-hybridized carbons (Fsp3) is 0.667. The average molecular weight is 264 g/mol. The Morgan fingerprint density at radius 3 is 2.39 bits per heavy atom. The van der Waals surface area contributed by atoms with Crippen LogP contribution >= 0.6 is 0 Å². The third kappa shape index (κ3) is 1.98. The van der Waals surface area contributed by atoms with Crippen LogP contribution in [0, 0.1) is 11.3 Å². The largest absolute Gasteiger partial charge is 0.547 e. The molecule has 2 aliphatic carbocycles. The van der Waals surface area contributed by atoms with Gasteiger partial charge >= 0.3 is 0 Å². The van der Waals surface area contributed by atoms with Gasteiger partial charge in [0.05, 0.1) is 11.2 Å². The predicted octanol–water partition coefficient (Wildman–Crippen LogP) is 4.06. The highest BCUT2D eigenvalue weighted by molar-refractivity contribution is 6.70. The van der Waals surface area contributed by atoms with E-state index in [-0.39, 0.29) is 5.41 Å². The van der Waals surface area contributed by atoms with E-state index in [4.69, 9.17) is 4.43 Å². The number of ketones is 1. The lowest BCUT2D eigenvalue weighted by atomic mass is 9.58. The maximum atomic E-state index is 12.2. The molecule has 0 heterocycles. The molecule has 0 spiro atoms. The highest BCUT2D eigenvalue weighted by Gasteiger charge is 2.59. The first-order valence-electron chi connectivity index (χ1n) is 6.75. The van der Waals surface area contributed by atoms with Crippen LogP contribution in [-0.2, 0) is 9.22 Å². The molecule has 1 saturated carbocycles. The van der Waals surface area contributed by atoms with Crippen molar-refractivity contribution in [2.75, 3.05) is 0 Å². The van der Waals surface area contributed by atoms with Gasteiger partial charge in [-0.1, -0.05) is 11.6 Å². The molecule has 0 bridgehead atoms. The smallest absolute Gasteiger partial charge is 0.241 e. The minimum absolute atomic E-state index is 0.312. The Morgan fingerprint density at radius 1 is 1.33 bits per heavy atom. The van der Waals surface area contributed by atoms with E-state index in [1.807, 2.05) is 0 Å². The second-order valence-electron chi connectivity index (χ2n) is 6.88. The monoisotopic (exact) mass is 264 g/mol. The lowest BCUT2D eigenvalue weighted by Gasteiger charge is -2.42. The Balaban J connectivity index is 2.38. The van der Waals surface area contributed by atoms with E-state index in [1.54, 1.807) is 0 Å². The highest BCUT2D eigenvalue weighted by atomic mass is 28.4. The van der Waals surface area contributed by atoms with Gasteiger partial charge in [0.1, 0.15) is 5.78 Å². The van der Waals surface area contributed by atoms with Crippen LogP contribution in [0.3, 0.4) is 0 Å². The van der Waals surface area contributed by atoms with Gasteiger partial charge in [0, 0.05) is 12.8 Å². The van der Waals surface area contributed by atoms with Gasteiger partial charge in [-0.15, -0.1) is 0 Å². The van der Waals surface area contributed by atoms with Gasteiger partial charge in [-0.3, -0.25) is 4.79 Å². The minimum Gasteiger partial charge on any atom is -0.547 e. The summed E-state index contributed by atoms with van der Waals surface area (Å²) in [5.74, 6) is 1.93. The van der Waals surface area contributed by atoms with Crippen LogP contribution in [0.25, 0.3) is 0 Å². The summed E-state index contributed by atoms with van der Waals surface area (Å²) < 4.78 is 6.18. The van der Waals surface area contributed by atoms with Gasteiger partial charge < -0.3 is 4.43 Å². The summed E-state index contributed by atoms with van der Waals surface area (Å²) in [6.45, 7) is 12.8. The molecule has 0 saturated heterocycles. The van der Waals surface area contributed by atoms with Crippen molar-refractivity contribution in [1.29, 1.82) is 0 Å². The third-order valence-electron chi connectivity index (χ3n) is 3.95. The molecule has 3 heteroatoms. The van der Waals surface area contributed by atoms with Crippen molar-refractivity contribution in [2.45, 2.75) is 53.3 Å². The molecular weight excluding hydrogens is 240 g/mol. The van der Waals surface area contributed by atoms with E-state index in [9.17, 15) is 4.79 Å². The van der Waals surface area contributed by atoms with Crippen molar-refractivity contribution in [2.24, 2.45) is 11.3 Å². The molecule has 0 N–H and O–H groups in total. The molecule has 2 aliphatic rings. The fourth-order valence-corrected chi connectivity index (χ4v) is 4.23. The summed E-state index contributed by atoms with van der Waals surface area (Å²) in [5.41, 5.74) is 2.09. The van der Waals surface area contributed by atoms with Gasteiger partial charge in [0.25, 0.3) is 0 Å². The Kier molecular flexibility index (Phi) is 3.09. The lowest BCUT2D eigenvalue weighted by molar-refractivity contribution is -0.136. The predicted molar refractivity (Wildman–Crippen MR) is 76.7 cm³/mol. The standard InChI is InChI=1S/C15H24O2Si/c1-10(2)9-15-11(3)13(17-18(4,5)6)7-12(15)8-14(15)16/h9,12H,7-8H2,1-6H3/t12-,15-/m0/s1. The Hall–Kier alpha value is -0.833. The molecule has 0 unspecified atom stereocenters. The number of rotatable bonds is 3. The summed E-state index contributed by atoms with van der Waals surface area (Å²) in [5, 5.41) is 0.